The molecular weight excluding hydrogens is 322 g/mol. The van der Waals surface area contributed by atoms with E-state index in [1.54, 1.807) is 0 Å². The molecule has 96 valence electrons. The fourth-order valence-corrected chi connectivity index (χ4v) is 1.72. The summed E-state index contributed by atoms with van der Waals surface area (Å²) in [6, 6.07) is 3.77. The molecule has 0 heterocycles. The third kappa shape index (κ3) is 4.37. The van der Waals surface area contributed by atoms with Gasteiger partial charge in [-0.2, -0.15) is 13.2 Å². The molecule has 0 saturated carbocycles. The average molecular weight is 333 g/mol. The zero-order chi connectivity index (χ0) is 13.1. The van der Waals surface area contributed by atoms with E-state index in [4.69, 9.17) is 11.6 Å². The first kappa shape index (κ1) is 14.6. The highest BCUT2D eigenvalue weighted by molar-refractivity contribution is 9.10. The molecule has 1 atom stereocenters. The van der Waals surface area contributed by atoms with Gasteiger partial charge in [0.1, 0.15) is 0 Å². The second-order valence-corrected chi connectivity index (χ2v) is 4.54. The maximum atomic E-state index is 12.6. The van der Waals surface area contributed by atoms with Crippen LogP contribution in [0, 0.1) is 0 Å². The molecule has 1 aromatic carbocycles. The molecule has 1 aromatic rings. The van der Waals surface area contributed by atoms with Gasteiger partial charge in [-0.15, -0.1) is 11.6 Å². The summed E-state index contributed by atoms with van der Waals surface area (Å²) in [5.41, 5.74) is -0.479. The van der Waals surface area contributed by atoms with E-state index in [0.29, 0.717) is 0 Å². The van der Waals surface area contributed by atoms with Crippen LogP contribution in [0.5, 0.6) is 0 Å². The Morgan fingerprint density at radius 3 is 2.59 bits per heavy atom. The van der Waals surface area contributed by atoms with Crippen molar-refractivity contribution in [3.8, 4) is 0 Å². The monoisotopic (exact) mass is 331 g/mol. The van der Waals surface area contributed by atoms with Crippen molar-refractivity contribution in [1.29, 1.82) is 0 Å². The fourth-order valence-electron chi connectivity index (χ4n) is 1.14. The Labute approximate surface area is 110 Å². The third-order valence-corrected chi connectivity index (χ3v) is 3.04. The largest absolute Gasteiger partial charge is 0.417 e. The first-order chi connectivity index (χ1) is 7.84. The highest BCUT2D eigenvalue weighted by Gasteiger charge is 2.33. The Balaban J connectivity index is 2.82. The van der Waals surface area contributed by atoms with E-state index < -0.39 is 17.8 Å². The number of alkyl halides is 4. The molecule has 1 unspecified atom stereocenters. The van der Waals surface area contributed by atoms with Crippen LogP contribution >= 0.6 is 27.5 Å². The van der Waals surface area contributed by atoms with Crippen LogP contribution in [0.2, 0.25) is 0 Å². The Hall–Kier alpha value is -0.460. The van der Waals surface area contributed by atoms with E-state index in [2.05, 4.69) is 21.2 Å². The van der Waals surface area contributed by atoms with Gasteiger partial charge in [0.15, 0.2) is 0 Å². The minimum Gasteiger partial charge on any atom is -0.390 e. The van der Waals surface area contributed by atoms with E-state index >= 15 is 0 Å². The molecule has 2 N–H and O–H groups in total. The number of aliphatic hydroxyl groups excluding tert-OH is 1. The minimum absolute atomic E-state index is 0.0200. The smallest absolute Gasteiger partial charge is 0.390 e. The van der Waals surface area contributed by atoms with E-state index in [1.165, 1.54) is 12.1 Å². The second-order valence-electron chi connectivity index (χ2n) is 3.38. The molecule has 0 bridgehead atoms. The number of rotatable bonds is 4. The Morgan fingerprint density at radius 2 is 2.06 bits per heavy atom. The number of anilines is 1. The summed E-state index contributed by atoms with van der Waals surface area (Å²) in [5, 5.41) is 11.9. The number of nitrogens with one attached hydrogen (secondary N) is 1. The van der Waals surface area contributed by atoms with Crippen molar-refractivity contribution in [1.82, 2.24) is 0 Å². The first-order valence-electron chi connectivity index (χ1n) is 4.69. The molecule has 0 amide bonds. The second kappa shape index (κ2) is 5.93. The summed E-state index contributed by atoms with van der Waals surface area (Å²) in [5.74, 6) is 0.0235. The van der Waals surface area contributed by atoms with Gasteiger partial charge in [0.05, 0.1) is 17.5 Å². The Kier molecular flexibility index (Phi) is 5.09. The SMILES string of the molecule is OC(CCl)CNc1ccc(Br)c(C(F)(F)F)c1. The van der Waals surface area contributed by atoms with Gasteiger partial charge in [-0.3, -0.25) is 0 Å². The lowest BCUT2D eigenvalue weighted by molar-refractivity contribution is -0.138. The molecule has 0 aromatic heterocycles. The van der Waals surface area contributed by atoms with Gasteiger partial charge in [-0.05, 0) is 18.2 Å². The summed E-state index contributed by atoms with van der Waals surface area (Å²) >= 11 is 8.21. The number of benzene rings is 1. The summed E-state index contributed by atoms with van der Waals surface area (Å²) in [7, 11) is 0. The van der Waals surface area contributed by atoms with E-state index in [-0.39, 0.29) is 22.6 Å². The lowest BCUT2D eigenvalue weighted by Gasteiger charge is -2.13. The molecule has 0 aliphatic rings. The number of aliphatic hydroxyl groups is 1. The van der Waals surface area contributed by atoms with Crippen LogP contribution < -0.4 is 5.32 Å². The quantitative estimate of drug-likeness (QED) is 0.828. The van der Waals surface area contributed by atoms with E-state index in [9.17, 15) is 18.3 Å². The van der Waals surface area contributed by atoms with Crippen LogP contribution in [0.4, 0.5) is 18.9 Å². The molecule has 0 fully saturated rings. The summed E-state index contributed by atoms with van der Waals surface area (Å²) in [6.07, 6.45) is -5.21. The number of halogens is 5. The zero-order valence-corrected chi connectivity index (χ0v) is 10.9. The van der Waals surface area contributed by atoms with Gasteiger partial charge >= 0.3 is 6.18 Å². The third-order valence-electron chi connectivity index (χ3n) is 1.99. The highest BCUT2D eigenvalue weighted by atomic mass is 79.9. The van der Waals surface area contributed by atoms with Gasteiger partial charge in [0, 0.05) is 16.7 Å². The van der Waals surface area contributed by atoms with Crippen molar-refractivity contribution in [2.75, 3.05) is 17.7 Å². The van der Waals surface area contributed by atoms with Crippen LogP contribution in [0.25, 0.3) is 0 Å². The van der Waals surface area contributed by atoms with Gasteiger partial charge in [-0.1, -0.05) is 15.9 Å². The predicted octanol–water partition coefficient (Wildman–Crippen LogP) is 3.48. The van der Waals surface area contributed by atoms with E-state index in [0.717, 1.165) is 6.07 Å². The maximum Gasteiger partial charge on any atom is 0.417 e. The van der Waals surface area contributed by atoms with Crippen molar-refractivity contribution >= 4 is 33.2 Å². The van der Waals surface area contributed by atoms with Gasteiger partial charge in [0.25, 0.3) is 0 Å². The Morgan fingerprint density at radius 1 is 1.41 bits per heavy atom. The van der Waals surface area contributed by atoms with Crippen LogP contribution in [0.3, 0.4) is 0 Å². The first-order valence-corrected chi connectivity index (χ1v) is 6.02. The van der Waals surface area contributed by atoms with Gasteiger partial charge in [0.2, 0.25) is 0 Å². The van der Waals surface area contributed by atoms with Crippen LogP contribution in [0.15, 0.2) is 22.7 Å². The summed E-state index contributed by atoms with van der Waals surface area (Å²) < 4.78 is 37.7. The minimum atomic E-state index is -4.42. The molecule has 0 aliphatic carbocycles. The summed E-state index contributed by atoms with van der Waals surface area (Å²) in [4.78, 5) is 0. The topological polar surface area (TPSA) is 32.3 Å². The summed E-state index contributed by atoms with van der Waals surface area (Å²) in [6.45, 7) is 0.0996. The molecule has 1 rings (SSSR count). The van der Waals surface area contributed by atoms with Crippen molar-refractivity contribution in [2.24, 2.45) is 0 Å². The van der Waals surface area contributed by atoms with Crippen molar-refractivity contribution < 1.29 is 18.3 Å². The zero-order valence-electron chi connectivity index (χ0n) is 8.56. The van der Waals surface area contributed by atoms with Crippen LogP contribution in [-0.4, -0.2) is 23.6 Å². The van der Waals surface area contributed by atoms with Gasteiger partial charge < -0.3 is 10.4 Å². The average Bonchev–Trinajstić information content (AvgIpc) is 2.26. The molecule has 0 radical (unpaired) electrons. The normalized spacial score (nSPS) is 13.5. The molecular formula is C10H10BrClF3NO. The molecule has 2 nitrogen and oxygen atoms in total. The van der Waals surface area contributed by atoms with Crippen molar-refractivity contribution in [3.63, 3.8) is 0 Å². The lowest BCUT2D eigenvalue weighted by Crippen LogP contribution is -2.21. The molecule has 0 spiro atoms. The maximum absolute atomic E-state index is 12.6. The molecule has 0 saturated heterocycles. The molecule has 17 heavy (non-hydrogen) atoms. The predicted molar refractivity (Wildman–Crippen MR) is 64.4 cm³/mol. The van der Waals surface area contributed by atoms with Gasteiger partial charge in [-0.25, -0.2) is 0 Å². The van der Waals surface area contributed by atoms with Crippen molar-refractivity contribution in [3.05, 3.63) is 28.2 Å². The molecule has 0 aliphatic heterocycles. The fraction of sp³-hybridized carbons (Fsp3) is 0.400. The number of hydrogen-bond acceptors (Lipinski definition) is 2. The standard InChI is InChI=1S/C10H10BrClF3NO/c11-9-2-1-6(16-5-7(17)4-12)3-8(9)10(13,14)15/h1-3,7,16-17H,4-5H2. The number of hydrogen-bond donors (Lipinski definition) is 2. The molecule has 7 heteroatoms. The van der Waals surface area contributed by atoms with E-state index in [1.807, 2.05) is 0 Å². The highest BCUT2D eigenvalue weighted by Crippen LogP contribution is 2.36. The van der Waals surface area contributed by atoms with Crippen LogP contribution in [-0.2, 0) is 6.18 Å². The Bertz CT molecular complexity index is 386. The van der Waals surface area contributed by atoms with Crippen LogP contribution in [0.1, 0.15) is 5.56 Å². The van der Waals surface area contributed by atoms with Crippen molar-refractivity contribution in [2.45, 2.75) is 12.3 Å². The lowest BCUT2D eigenvalue weighted by atomic mass is 10.2.